The minimum atomic E-state index is -1.41. The van der Waals surface area contributed by atoms with Crippen LogP contribution in [0.25, 0.3) is 21.8 Å². The number of pyridine rings is 1. The number of carbonyl (C=O) groups is 2. The minimum absolute atomic E-state index is 0.135. The second-order valence-electron chi connectivity index (χ2n) is 6.07. The molecule has 136 valence electrons. The molecule has 0 spiro atoms. The third-order valence-electron chi connectivity index (χ3n) is 4.41. The van der Waals surface area contributed by atoms with Crippen LogP contribution in [-0.4, -0.2) is 26.7 Å². The first-order valence-corrected chi connectivity index (χ1v) is 8.20. The number of carbonyl (C=O) groups excluding carboxylic acids is 1. The van der Waals surface area contributed by atoms with E-state index in [0.717, 1.165) is 16.2 Å². The van der Waals surface area contributed by atoms with Gasteiger partial charge in [-0.25, -0.2) is 9.59 Å². The number of carboxylic acids is 1. The molecule has 0 atom stereocenters. The van der Waals surface area contributed by atoms with Crippen molar-refractivity contribution in [2.75, 3.05) is 5.32 Å². The fraction of sp³-hybridized carbons (Fsp3) is 0. The maximum absolute atomic E-state index is 12.8. The summed E-state index contributed by atoms with van der Waals surface area (Å²) in [5, 5.41) is 21.9. The number of nitriles is 1. The Bertz CT molecular complexity index is 1370. The number of H-pyrrole nitrogens is 1. The number of hydrogen-bond donors (Lipinski definition) is 3. The van der Waals surface area contributed by atoms with E-state index in [1.807, 2.05) is 0 Å². The van der Waals surface area contributed by atoms with E-state index in [1.165, 1.54) is 6.07 Å². The van der Waals surface area contributed by atoms with Gasteiger partial charge in [-0.3, -0.25) is 9.36 Å². The SMILES string of the molecule is N#Cc1c[nH]c2cc(NC(=O)n3cc(C(=O)O)c(=O)c4ccccc43)ccc12. The smallest absolute Gasteiger partial charge is 0.341 e. The Morgan fingerprint density at radius 1 is 1.14 bits per heavy atom. The number of carboxylic acid groups (broad SMARTS) is 1. The van der Waals surface area contributed by atoms with Gasteiger partial charge >= 0.3 is 12.0 Å². The minimum Gasteiger partial charge on any atom is -0.477 e. The molecule has 2 aromatic carbocycles. The molecule has 0 bridgehead atoms. The summed E-state index contributed by atoms with van der Waals surface area (Å²) in [6, 6.07) is 12.7. The molecule has 28 heavy (non-hydrogen) atoms. The molecule has 0 aliphatic rings. The summed E-state index contributed by atoms with van der Waals surface area (Å²) >= 11 is 0. The second kappa shape index (κ2) is 6.41. The van der Waals surface area contributed by atoms with Crippen molar-refractivity contribution in [1.29, 1.82) is 5.26 Å². The zero-order valence-electron chi connectivity index (χ0n) is 14.3. The highest BCUT2D eigenvalue weighted by Gasteiger charge is 2.17. The number of aromatic amines is 1. The van der Waals surface area contributed by atoms with E-state index in [4.69, 9.17) is 5.26 Å². The molecule has 1 amide bonds. The number of aromatic carboxylic acids is 1. The van der Waals surface area contributed by atoms with E-state index in [2.05, 4.69) is 16.4 Å². The molecular weight excluding hydrogens is 360 g/mol. The number of nitrogens with zero attached hydrogens (tertiary/aromatic N) is 2. The summed E-state index contributed by atoms with van der Waals surface area (Å²) < 4.78 is 1.10. The normalized spacial score (nSPS) is 10.7. The first-order chi connectivity index (χ1) is 13.5. The molecule has 0 radical (unpaired) electrons. The van der Waals surface area contributed by atoms with Gasteiger partial charge in [0.25, 0.3) is 0 Å². The largest absolute Gasteiger partial charge is 0.477 e. The molecule has 4 rings (SSSR count). The van der Waals surface area contributed by atoms with Crippen LogP contribution < -0.4 is 10.7 Å². The molecule has 0 saturated heterocycles. The molecule has 3 N–H and O–H groups in total. The van der Waals surface area contributed by atoms with Gasteiger partial charge in [0, 0.05) is 34.4 Å². The lowest BCUT2D eigenvalue weighted by Crippen LogP contribution is -2.25. The van der Waals surface area contributed by atoms with Crippen molar-refractivity contribution < 1.29 is 14.7 Å². The Kier molecular flexibility index (Phi) is 3.90. The lowest BCUT2D eigenvalue weighted by atomic mass is 10.1. The quantitative estimate of drug-likeness (QED) is 0.498. The van der Waals surface area contributed by atoms with Crippen LogP contribution >= 0.6 is 0 Å². The van der Waals surface area contributed by atoms with Crippen LogP contribution in [0.5, 0.6) is 0 Å². The number of fused-ring (bicyclic) bond motifs is 2. The predicted molar refractivity (Wildman–Crippen MR) is 103 cm³/mol. The number of rotatable bonds is 2. The fourth-order valence-electron chi connectivity index (χ4n) is 3.08. The number of hydrogen-bond acceptors (Lipinski definition) is 4. The molecule has 8 nitrogen and oxygen atoms in total. The standard InChI is InChI=1S/C20H12N4O4/c21-8-11-9-22-16-7-12(5-6-13(11)16)23-20(28)24-10-15(19(26)27)18(25)14-3-1-2-4-17(14)24/h1-7,9-10,22H,(H,23,28)(H,26,27). The van der Waals surface area contributed by atoms with E-state index in [1.54, 1.807) is 42.6 Å². The Hall–Kier alpha value is -4.38. The second-order valence-corrected chi connectivity index (χ2v) is 6.07. The van der Waals surface area contributed by atoms with E-state index in [9.17, 15) is 19.5 Å². The van der Waals surface area contributed by atoms with Crippen molar-refractivity contribution in [1.82, 2.24) is 9.55 Å². The van der Waals surface area contributed by atoms with Crippen molar-refractivity contribution in [3.63, 3.8) is 0 Å². The van der Waals surface area contributed by atoms with Crippen LogP contribution in [0.3, 0.4) is 0 Å². The van der Waals surface area contributed by atoms with Gasteiger partial charge in [-0.05, 0) is 30.3 Å². The molecule has 4 aromatic rings. The number of aromatic nitrogens is 2. The molecule has 0 unspecified atom stereocenters. The van der Waals surface area contributed by atoms with Gasteiger partial charge in [-0.1, -0.05) is 12.1 Å². The van der Waals surface area contributed by atoms with Crippen LogP contribution in [-0.2, 0) is 0 Å². The van der Waals surface area contributed by atoms with E-state index >= 15 is 0 Å². The highest BCUT2D eigenvalue weighted by molar-refractivity contribution is 6.01. The monoisotopic (exact) mass is 372 g/mol. The average molecular weight is 372 g/mol. The Balaban J connectivity index is 1.79. The van der Waals surface area contributed by atoms with Gasteiger partial charge in [-0.15, -0.1) is 0 Å². The molecule has 0 aliphatic carbocycles. The van der Waals surface area contributed by atoms with Crippen LogP contribution in [0.4, 0.5) is 10.5 Å². The molecule has 0 aliphatic heterocycles. The van der Waals surface area contributed by atoms with Gasteiger partial charge in [0.05, 0.1) is 11.1 Å². The van der Waals surface area contributed by atoms with Gasteiger partial charge in [0.15, 0.2) is 0 Å². The number of anilines is 1. The van der Waals surface area contributed by atoms with Crippen LogP contribution in [0.2, 0.25) is 0 Å². The summed E-state index contributed by atoms with van der Waals surface area (Å²) in [4.78, 5) is 39.5. The van der Waals surface area contributed by atoms with Crippen molar-refractivity contribution in [2.24, 2.45) is 0 Å². The number of nitrogens with one attached hydrogen (secondary N) is 2. The average Bonchev–Trinajstić information content (AvgIpc) is 3.10. The van der Waals surface area contributed by atoms with Crippen LogP contribution in [0.1, 0.15) is 15.9 Å². The molecule has 0 saturated carbocycles. The third kappa shape index (κ3) is 2.68. The maximum atomic E-state index is 12.8. The van der Waals surface area contributed by atoms with E-state index in [0.29, 0.717) is 22.3 Å². The highest BCUT2D eigenvalue weighted by atomic mass is 16.4. The molecular formula is C20H12N4O4. The zero-order chi connectivity index (χ0) is 19.8. The van der Waals surface area contributed by atoms with Gasteiger partial charge in [-0.2, -0.15) is 5.26 Å². The number of amides is 1. The van der Waals surface area contributed by atoms with Crippen molar-refractivity contribution >= 4 is 39.5 Å². The third-order valence-corrected chi connectivity index (χ3v) is 4.41. The number of para-hydroxylation sites is 1. The predicted octanol–water partition coefficient (Wildman–Crippen LogP) is 3.13. The van der Waals surface area contributed by atoms with Gasteiger partial charge < -0.3 is 15.4 Å². The summed E-state index contributed by atoms with van der Waals surface area (Å²) in [5.74, 6) is -1.41. The summed E-state index contributed by atoms with van der Waals surface area (Å²) in [7, 11) is 0. The Morgan fingerprint density at radius 3 is 2.68 bits per heavy atom. The zero-order valence-corrected chi connectivity index (χ0v) is 14.3. The highest BCUT2D eigenvalue weighted by Crippen LogP contribution is 2.22. The molecule has 0 fully saturated rings. The topological polar surface area (TPSA) is 128 Å². The molecule has 8 heteroatoms. The van der Waals surface area contributed by atoms with Crippen molar-refractivity contribution in [3.05, 3.63) is 76.2 Å². The van der Waals surface area contributed by atoms with Gasteiger partial charge in [0.1, 0.15) is 11.6 Å². The summed E-state index contributed by atoms with van der Waals surface area (Å²) in [6.45, 7) is 0. The van der Waals surface area contributed by atoms with Gasteiger partial charge in [0.2, 0.25) is 5.43 Å². The van der Waals surface area contributed by atoms with E-state index < -0.39 is 23.0 Å². The summed E-state index contributed by atoms with van der Waals surface area (Å²) in [5.41, 5.74) is 0.762. The van der Waals surface area contributed by atoms with Crippen molar-refractivity contribution in [2.45, 2.75) is 0 Å². The lowest BCUT2D eigenvalue weighted by molar-refractivity contribution is 0.0695. The van der Waals surface area contributed by atoms with E-state index in [-0.39, 0.29) is 5.39 Å². The summed E-state index contributed by atoms with van der Waals surface area (Å²) in [6.07, 6.45) is 2.59. The fourth-order valence-corrected chi connectivity index (χ4v) is 3.08. The maximum Gasteiger partial charge on any atom is 0.341 e. The Labute approximate surface area is 157 Å². The Morgan fingerprint density at radius 2 is 1.93 bits per heavy atom. The first-order valence-electron chi connectivity index (χ1n) is 8.20. The lowest BCUT2D eigenvalue weighted by Gasteiger charge is -2.12. The molecule has 2 heterocycles. The van der Waals surface area contributed by atoms with Crippen LogP contribution in [0, 0.1) is 11.3 Å². The number of benzene rings is 2. The van der Waals surface area contributed by atoms with Crippen LogP contribution in [0.15, 0.2) is 59.7 Å². The first kappa shape index (κ1) is 17.1. The molecule has 2 aromatic heterocycles. The van der Waals surface area contributed by atoms with Crippen molar-refractivity contribution in [3.8, 4) is 6.07 Å².